The zero-order valence-electron chi connectivity index (χ0n) is 14.3. The molecule has 0 bridgehead atoms. The van der Waals surface area contributed by atoms with Crippen molar-refractivity contribution in [3.8, 4) is 0 Å². The van der Waals surface area contributed by atoms with Crippen molar-refractivity contribution in [1.29, 1.82) is 0 Å². The van der Waals surface area contributed by atoms with Crippen LogP contribution in [0.15, 0.2) is 36.4 Å². The Morgan fingerprint density at radius 2 is 1.04 bits per heavy atom. The lowest BCUT2D eigenvalue weighted by molar-refractivity contribution is -1.92. The highest BCUT2D eigenvalue weighted by Crippen LogP contribution is 2.23. The van der Waals surface area contributed by atoms with Crippen molar-refractivity contribution >= 4 is 33.4 Å². The molecule has 1 aromatic heterocycles. The van der Waals surface area contributed by atoms with E-state index in [4.69, 9.17) is 23.6 Å². The molecule has 0 saturated heterocycles. The normalized spacial score (nSPS) is 11.2. The van der Waals surface area contributed by atoms with Gasteiger partial charge in [-0.05, 0) is 36.4 Å². The molecule has 0 amide bonds. The van der Waals surface area contributed by atoms with E-state index in [9.17, 15) is 0 Å². The van der Waals surface area contributed by atoms with Crippen LogP contribution in [0.4, 0.5) is 11.4 Å². The zero-order chi connectivity index (χ0) is 18.8. The van der Waals surface area contributed by atoms with E-state index in [-0.39, 0.29) is 0 Å². The summed E-state index contributed by atoms with van der Waals surface area (Å²) in [5.41, 5.74) is 5.99. The third kappa shape index (κ3) is 5.38. The molecule has 3 rings (SSSR count). The Labute approximate surface area is 147 Å². The van der Waals surface area contributed by atoms with Crippen molar-refractivity contribution in [3.05, 3.63) is 36.4 Å². The smallest absolute Gasteiger partial charge is 0.0915 e. The van der Waals surface area contributed by atoms with Gasteiger partial charge in [0.25, 0.3) is 0 Å². The molecule has 3 aromatic rings. The Morgan fingerprint density at radius 1 is 0.720 bits per heavy atom. The summed E-state index contributed by atoms with van der Waals surface area (Å²) in [4.78, 5) is 13.6. The highest BCUT2D eigenvalue weighted by Gasteiger charge is 2.05. The highest BCUT2D eigenvalue weighted by molar-refractivity contribution is 5.89. The van der Waals surface area contributed by atoms with Gasteiger partial charge in [-0.2, -0.15) is 14.0 Å². The van der Waals surface area contributed by atoms with Crippen LogP contribution in [0.3, 0.4) is 0 Å². The molecule has 0 aliphatic heterocycles. The minimum absolute atomic E-state index is 0.930. The molecule has 0 saturated carbocycles. The van der Waals surface area contributed by atoms with E-state index in [0.717, 1.165) is 33.4 Å². The topological polar surface area (TPSA) is 122 Å². The van der Waals surface area contributed by atoms with E-state index in [0.29, 0.717) is 0 Å². The summed E-state index contributed by atoms with van der Waals surface area (Å²) < 4.78 is 32.7. The van der Waals surface area contributed by atoms with Crippen molar-refractivity contribution in [2.24, 2.45) is 0 Å². The number of hydrogen-bond acceptors (Lipinski definition) is 8. The van der Waals surface area contributed by atoms with Crippen molar-refractivity contribution in [1.82, 2.24) is 9.97 Å². The Hall–Kier alpha value is -2.23. The SMILES string of the molecule is CN(C)c1ccc2nc3ccc(N(C)C)cc3nc2c1.[O-][Cl+3]([O-])([O-])O. The lowest BCUT2D eigenvalue weighted by Gasteiger charge is -2.14. The summed E-state index contributed by atoms with van der Waals surface area (Å²) in [6.45, 7) is 0. The fourth-order valence-electron chi connectivity index (χ4n) is 2.21. The molecule has 134 valence electrons. The molecule has 2 aromatic carbocycles. The minimum atomic E-state index is -4.69. The molecule has 1 heterocycles. The largest absolute Gasteiger partial charge is 0.378 e. The van der Waals surface area contributed by atoms with Crippen LogP contribution in [0.5, 0.6) is 0 Å². The van der Waals surface area contributed by atoms with Crippen molar-refractivity contribution in [2.45, 2.75) is 0 Å². The maximum Gasteiger partial charge on any atom is 0.0915 e. The van der Waals surface area contributed by atoms with Crippen LogP contribution in [0.1, 0.15) is 0 Å². The third-order valence-corrected chi connectivity index (χ3v) is 3.43. The van der Waals surface area contributed by atoms with Crippen LogP contribution in [0.25, 0.3) is 22.1 Å². The molecule has 0 radical (unpaired) electrons. The summed E-state index contributed by atoms with van der Waals surface area (Å²) in [6.07, 6.45) is 0. The summed E-state index contributed by atoms with van der Waals surface area (Å²) in [7, 11) is 3.42. The van der Waals surface area contributed by atoms with Gasteiger partial charge in [0, 0.05) is 39.6 Å². The van der Waals surface area contributed by atoms with Crippen LogP contribution < -0.4 is 23.8 Å². The number of anilines is 2. The second kappa shape index (κ2) is 7.34. The maximum absolute atomic E-state index is 8.60. The van der Waals surface area contributed by atoms with Gasteiger partial charge in [-0.3, -0.25) is 0 Å². The summed E-state index contributed by atoms with van der Waals surface area (Å²) in [5.74, 6) is 0. The predicted octanol–water partition coefficient (Wildman–Crippen LogP) is -1.21. The summed E-state index contributed by atoms with van der Waals surface area (Å²) in [5, 5.41) is 0. The first-order valence-electron chi connectivity index (χ1n) is 7.24. The third-order valence-electron chi connectivity index (χ3n) is 3.43. The molecule has 1 N–H and O–H groups in total. The first-order valence-corrected chi connectivity index (χ1v) is 8.50. The van der Waals surface area contributed by atoms with Crippen molar-refractivity contribution in [3.63, 3.8) is 0 Å². The molecule has 0 unspecified atom stereocenters. The van der Waals surface area contributed by atoms with Gasteiger partial charge in [0.1, 0.15) is 0 Å². The van der Waals surface area contributed by atoms with Gasteiger partial charge >= 0.3 is 0 Å². The maximum atomic E-state index is 8.60. The van der Waals surface area contributed by atoms with Gasteiger partial charge in [0.05, 0.1) is 37.0 Å². The summed E-state index contributed by atoms with van der Waals surface area (Å²) in [6, 6.07) is 12.3. The van der Waals surface area contributed by atoms with E-state index in [2.05, 4.69) is 39.0 Å². The van der Waals surface area contributed by atoms with Gasteiger partial charge in [0.15, 0.2) is 0 Å². The fourth-order valence-corrected chi connectivity index (χ4v) is 2.21. The number of hydrogen-bond donors (Lipinski definition) is 1. The van der Waals surface area contributed by atoms with Gasteiger partial charge in [0.2, 0.25) is 0 Å². The standard InChI is InChI=1S/C16H18N4.ClHO4/c1-19(2)11-5-7-13-15(9-11)18-16-10-12(20(3)4)6-8-14(16)17-13;2-1(3,4)5/h5-10H,1-4H3;(H,2,3,4,5). The molecule has 0 spiro atoms. The van der Waals surface area contributed by atoms with Crippen LogP contribution in [0, 0.1) is 10.2 Å². The minimum Gasteiger partial charge on any atom is -0.378 e. The van der Waals surface area contributed by atoms with Gasteiger partial charge in [-0.1, -0.05) is 0 Å². The monoisotopic (exact) mass is 366 g/mol. The molecular weight excluding hydrogens is 348 g/mol. The average Bonchev–Trinajstić information content (AvgIpc) is 2.50. The molecule has 9 heteroatoms. The predicted molar refractivity (Wildman–Crippen MR) is 87.9 cm³/mol. The second-order valence-corrected chi connectivity index (χ2v) is 6.55. The Balaban J connectivity index is 0.000000399. The number of aromatic nitrogens is 2. The number of rotatable bonds is 2. The lowest BCUT2D eigenvalue weighted by atomic mass is 10.2. The van der Waals surface area contributed by atoms with E-state index in [1.165, 1.54) is 0 Å². The quantitative estimate of drug-likeness (QED) is 0.561. The number of fused-ring (bicyclic) bond motifs is 2. The first-order chi connectivity index (χ1) is 11.5. The Morgan fingerprint density at radius 3 is 1.36 bits per heavy atom. The number of halogens is 1. The highest BCUT2D eigenvalue weighted by atomic mass is 35.7. The van der Waals surface area contributed by atoms with Crippen LogP contribution in [-0.2, 0) is 0 Å². The fraction of sp³-hybridized carbons (Fsp3) is 0.250. The van der Waals surface area contributed by atoms with Crippen LogP contribution in [-0.4, -0.2) is 42.8 Å². The average molecular weight is 367 g/mol. The molecule has 25 heavy (non-hydrogen) atoms. The Bertz CT molecular complexity index is 812. The molecule has 8 nitrogen and oxygen atoms in total. The van der Waals surface area contributed by atoms with E-state index >= 15 is 0 Å². The van der Waals surface area contributed by atoms with Crippen molar-refractivity contribution < 1.29 is 28.9 Å². The first kappa shape index (κ1) is 19.1. The van der Waals surface area contributed by atoms with Crippen LogP contribution >= 0.6 is 0 Å². The van der Waals surface area contributed by atoms with E-state index in [1.807, 2.05) is 40.3 Å². The zero-order valence-corrected chi connectivity index (χ0v) is 15.1. The van der Waals surface area contributed by atoms with E-state index in [1.54, 1.807) is 0 Å². The van der Waals surface area contributed by atoms with Gasteiger partial charge in [-0.15, -0.1) is 0 Å². The molecular formula is C16H19ClN4O4. The van der Waals surface area contributed by atoms with Crippen molar-refractivity contribution in [2.75, 3.05) is 38.0 Å². The molecule has 0 aliphatic carbocycles. The second-order valence-electron chi connectivity index (χ2n) is 5.75. The van der Waals surface area contributed by atoms with Gasteiger partial charge in [-0.25, -0.2) is 9.97 Å². The lowest BCUT2D eigenvalue weighted by Crippen LogP contribution is -2.58. The number of nitrogens with zero attached hydrogens (tertiary/aromatic N) is 4. The molecule has 0 atom stereocenters. The van der Waals surface area contributed by atoms with Crippen LogP contribution in [0.2, 0.25) is 0 Å². The van der Waals surface area contributed by atoms with E-state index < -0.39 is 10.2 Å². The number of benzene rings is 2. The Kier molecular flexibility index (Phi) is 5.61. The summed E-state index contributed by atoms with van der Waals surface area (Å²) >= 11 is 0. The van der Waals surface area contributed by atoms with Gasteiger partial charge < -0.3 is 9.80 Å². The molecule has 0 fully saturated rings. The molecule has 0 aliphatic rings.